The molecular formula is C12H8F3IN4. The zero-order chi connectivity index (χ0) is 14.5. The fourth-order valence-corrected chi connectivity index (χ4v) is 2.55. The van der Waals surface area contributed by atoms with E-state index in [0.29, 0.717) is 16.9 Å². The van der Waals surface area contributed by atoms with Crippen molar-refractivity contribution >= 4 is 33.6 Å². The minimum absolute atomic E-state index is 0.329. The number of hydrogen-bond donors (Lipinski definition) is 1. The first-order chi connectivity index (χ1) is 9.34. The molecule has 0 aliphatic carbocycles. The van der Waals surface area contributed by atoms with Crippen molar-refractivity contribution in [3.05, 3.63) is 33.7 Å². The van der Waals surface area contributed by atoms with Crippen molar-refractivity contribution in [3.8, 4) is 11.4 Å². The van der Waals surface area contributed by atoms with Crippen molar-refractivity contribution < 1.29 is 13.2 Å². The quantitative estimate of drug-likeness (QED) is 0.644. The molecule has 20 heavy (non-hydrogen) atoms. The lowest BCUT2D eigenvalue weighted by molar-refractivity contribution is -0.141. The van der Waals surface area contributed by atoms with Gasteiger partial charge in [-0.05, 0) is 46.9 Å². The van der Waals surface area contributed by atoms with Crippen LogP contribution in [0.15, 0.2) is 24.3 Å². The third-order valence-corrected chi connectivity index (χ3v) is 3.46. The summed E-state index contributed by atoms with van der Waals surface area (Å²) in [7, 11) is 1.47. The molecule has 0 aliphatic rings. The summed E-state index contributed by atoms with van der Waals surface area (Å²) in [4.78, 5) is 7.46. The van der Waals surface area contributed by atoms with Crippen molar-refractivity contribution in [2.45, 2.75) is 6.18 Å². The summed E-state index contributed by atoms with van der Waals surface area (Å²) in [6, 6.07) is 6.30. The predicted octanol–water partition coefficient (Wildman–Crippen LogP) is 3.59. The highest BCUT2D eigenvalue weighted by Crippen LogP contribution is 2.31. The second-order valence-corrected chi connectivity index (χ2v) is 5.44. The first-order valence-corrected chi connectivity index (χ1v) is 6.69. The molecule has 0 atom stereocenters. The van der Waals surface area contributed by atoms with E-state index in [2.05, 4.69) is 37.7 Å². The van der Waals surface area contributed by atoms with Crippen molar-refractivity contribution in [1.82, 2.24) is 19.7 Å². The average molecular weight is 392 g/mol. The van der Waals surface area contributed by atoms with Crippen LogP contribution in [0.1, 0.15) is 5.69 Å². The maximum Gasteiger partial charge on any atom is 0.435 e. The zero-order valence-electron chi connectivity index (χ0n) is 10.2. The van der Waals surface area contributed by atoms with Crippen molar-refractivity contribution in [1.29, 1.82) is 0 Å². The van der Waals surface area contributed by atoms with E-state index in [1.807, 2.05) is 6.07 Å². The van der Waals surface area contributed by atoms with E-state index in [9.17, 15) is 13.2 Å². The molecule has 104 valence electrons. The summed E-state index contributed by atoms with van der Waals surface area (Å²) in [5, 5.41) is 3.49. The minimum atomic E-state index is -4.45. The maximum absolute atomic E-state index is 12.7. The molecule has 4 nitrogen and oxygen atoms in total. The molecule has 3 aromatic rings. The highest BCUT2D eigenvalue weighted by atomic mass is 127. The first-order valence-electron chi connectivity index (χ1n) is 5.61. The fraction of sp³-hybridized carbons (Fsp3) is 0.167. The van der Waals surface area contributed by atoms with Gasteiger partial charge < -0.3 is 4.98 Å². The molecule has 1 N–H and O–H groups in total. The van der Waals surface area contributed by atoms with E-state index in [0.717, 1.165) is 15.3 Å². The summed E-state index contributed by atoms with van der Waals surface area (Å²) in [5.74, 6) is 0. The predicted molar refractivity (Wildman–Crippen MR) is 76.0 cm³/mol. The van der Waals surface area contributed by atoms with Gasteiger partial charge in [0.25, 0.3) is 0 Å². The van der Waals surface area contributed by atoms with Crippen LogP contribution in [0.2, 0.25) is 0 Å². The van der Waals surface area contributed by atoms with Crippen molar-refractivity contribution in [2.24, 2.45) is 7.05 Å². The Morgan fingerprint density at radius 3 is 2.65 bits per heavy atom. The molecule has 8 heteroatoms. The summed E-state index contributed by atoms with van der Waals surface area (Å²) in [6.45, 7) is 0. The van der Waals surface area contributed by atoms with Gasteiger partial charge in [-0.2, -0.15) is 18.3 Å². The van der Waals surface area contributed by atoms with Gasteiger partial charge in [0.15, 0.2) is 5.69 Å². The van der Waals surface area contributed by atoms with Gasteiger partial charge in [-0.1, -0.05) is 0 Å². The summed E-state index contributed by atoms with van der Waals surface area (Å²) >= 11 is 2.12. The van der Waals surface area contributed by atoms with Gasteiger partial charge in [-0.3, -0.25) is 4.68 Å². The molecule has 0 saturated carbocycles. The van der Waals surface area contributed by atoms with Crippen LogP contribution in [-0.4, -0.2) is 19.7 Å². The second-order valence-electron chi connectivity index (χ2n) is 4.28. The van der Waals surface area contributed by atoms with E-state index < -0.39 is 11.9 Å². The standard InChI is InChI=1S/C12H8F3IN4/c1-20-9(5-10(19-20)12(13,14)15)7-3-2-6-8(17-7)4-11(16)18-6/h2-5,18H,1H3. The summed E-state index contributed by atoms with van der Waals surface area (Å²) in [6.07, 6.45) is -4.45. The molecule has 0 aliphatic heterocycles. The number of rotatable bonds is 1. The van der Waals surface area contributed by atoms with Gasteiger partial charge in [0, 0.05) is 7.05 Å². The molecule has 3 rings (SSSR count). The number of halogens is 4. The number of aromatic amines is 1. The molecule has 0 bridgehead atoms. The molecular weight excluding hydrogens is 384 g/mol. The first kappa shape index (κ1) is 13.4. The van der Waals surface area contributed by atoms with Crippen LogP contribution in [0.5, 0.6) is 0 Å². The Bertz CT molecular complexity index is 788. The Hall–Kier alpha value is -1.58. The molecule has 3 aromatic heterocycles. The van der Waals surface area contributed by atoms with Crippen molar-refractivity contribution in [3.63, 3.8) is 0 Å². The Morgan fingerprint density at radius 2 is 2.00 bits per heavy atom. The number of aromatic nitrogens is 4. The fourth-order valence-electron chi connectivity index (χ4n) is 1.96. The van der Waals surface area contributed by atoms with Gasteiger partial charge in [-0.15, -0.1) is 0 Å². The second kappa shape index (κ2) is 4.47. The van der Waals surface area contributed by atoms with Gasteiger partial charge in [0.1, 0.15) is 0 Å². The minimum Gasteiger partial charge on any atom is -0.349 e. The molecule has 0 aromatic carbocycles. The third kappa shape index (κ3) is 2.28. The average Bonchev–Trinajstić information content (AvgIpc) is 2.89. The number of hydrogen-bond acceptors (Lipinski definition) is 2. The molecule has 0 fully saturated rings. The van der Waals surface area contributed by atoms with Gasteiger partial charge >= 0.3 is 6.18 Å². The van der Waals surface area contributed by atoms with E-state index in [1.165, 1.54) is 11.7 Å². The van der Waals surface area contributed by atoms with E-state index in [4.69, 9.17) is 0 Å². The molecule has 0 unspecified atom stereocenters. The Kier molecular flexibility index (Phi) is 3.00. The smallest absolute Gasteiger partial charge is 0.349 e. The summed E-state index contributed by atoms with van der Waals surface area (Å²) < 4.78 is 40.1. The highest BCUT2D eigenvalue weighted by Gasteiger charge is 2.34. The van der Waals surface area contributed by atoms with E-state index in [-0.39, 0.29) is 0 Å². The van der Waals surface area contributed by atoms with Crippen LogP contribution < -0.4 is 0 Å². The van der Waals surface area contributed by atoms with Gasteiger partial charge in [-0.25, -0.2) is 4.98 Å². The number of nitrogens with one attached hydrogen (secondary N) is 1. The number of alkyl halides is 3. The van der Waals surface area contributed by atoms with E-state index in [1.54, 1.807) is 12.1 Å². The molecule has 0 spiro atoms. The molecule has 0 radical (unpaired) electrons. The normalized spacial score (nSPS) is 12.2. The third-order valence-electron chi connectivity index (χ3n) is 2.87. The monoisotopic (exact) mass is 392 g/mol. The van der Waals surface area contributed by atoms with Crippen LogP contribution in [0, 0.1) is 3.70 Å². The van der Waals surface area contributed by atoms with Crippen LogP contribution in [-0.2, 0) is 13.2 Å². The lowest BCUT2D eigenvalue weighted by Gasteiger charge is -2.00. The van der Waals surface area contributed by atoms with Crippen LogP contribution >= 0.6 is 22.6 Å². The van der Waals surface area contributed by atoms with E-state index >= 15 is 0 Å². The Balaban J connectivity index is 2.12. The topological polar surface area (TPSA) is 46.5 Å². The number of nitrogens with zero attached hydrogens (tertiary/aromatic N) is 3. The van der Waals surface area contributed by atoms with Crippen LogP contribution in [0.4, 0.5) is 13.2 Å². The van der Waals surface area contributed by atoms with Crippen LogP contribution in [0.3, 0.4) is 0 Å². The SMILES string of the molecule is Cn1nc(C(F)(F)F)cc1-c1ccc2[nH]c(I)cc2n1. The Labute approximate surface area is 125 Å². The molecule has 0 amide bonds. The largest absolute Gasteiger partial charge is 0.435 e. The van der Waals surface area contributed by atoms with Crippen molar-refractivity contribution in [2.75, 3.05) is 0 Å². The lowest BCUT2D eigenvalue weighted by Crippen LogP contribution is -2.06. The Morgan fingerprint density at radius 1 is 1.25 bits per heavy atom. The number of pyridine rings is 1. The number of aryl methyl sites for hydroxylation is 1. The maximum atomic E-state index is 12.7. The van der Waals surface area contributed by atoms with Gasteiger partial charge in [0.05, 0.1) is 26.1 Å². The lowest BCUT2D eigenvalue weighted by atomic mass is 10.2. The summed E-state index contributed by atoms with van der Waals surface area (Å²) in [5.41, 5.74) is 1.42. The molecule has 3 heterocycles. The number of H-pyrrole nitrogens is 1. The van der Waals surface area contributed by atoms with Gasteiger partial charge in [0.2, 0.25) is 0 Å². The molecule has 0 saturated heterocycles. The highest BCUT2D eigenvalue weighted by molar-refractivity contribution is 14.1. The number of fused-ring (bicyclic) bond motifs is 1. The van der Waals surface area contributed by atoms with Crippen LogP contribution in [0.25, 0.3) is 22.4 Å². The zero-order valence-corrected chi connectivity index (χ0v) is 12.3.